The Morgan fingerprint density at radius 3 is 2.92 bits per heavy atom. The van der Waals surface area contributed by atoms with E-state index in [4.69, 9.17) is 9.26 Å². The van der Waals surface area contributed by atoms with Gasteiger partial charge in [-0.15, -0.1) is 23.7 Å². The quantitative estimate of drug-likeness (QED) is 0.714. The van der Waals surface area contributed by atoms with Crippen LogP contribution in [0.5, 0.6) is 0 Å². The minimum absolute atomic E-state index is 0. The molecule has 130 valence electrons. The highest BCUT2D eigenvalue weighted by molar-refractivity contribution is 7.22. The Bertz CT molecular complexity index is 821. The number of methoxy groups -OCH3 is 1. The largest absolute Gasteiger partial charge is 0.380 e. The Labute approximate surface area is 149 Å². The highest BCUT2D eigenvalue weighted by Gasteiger charge is 2.21. The first-order valence-electron chi connectivity index (χ1n) is 7.33. The van der Waals surface area contributed by atoms with Crippen molar-refractivity contribution in [1.82, 2.24) is 15.5 Å². The molecule has 24 heavy (non-hydrogen) atoms. The maximum atomic E-state index is 14.2. The summed E-state index contributed by atoms with van der Waals surface area (Å²) in [5, 5.41) is 7.72. The van der Waals surface area contributed by atoms with Crippen molar-refractivity contribution in [3.8, 4) is 10.8 Å². The molecule has 0 spiro atoms. The molecule has 0 aliphatic heterocycles. The Hall–Kier alpha value is -1.54. The molecule has 0 aliphatic carbocycles. The highest BCUT2D eigenvalue weighted by Crippen LogP contribution is 2.39. The van der Waals surface area contributed by atoms with E-state index in [0.717, 1.165) is 15.1 Å². The van der Waals surface area contributed by atoms with E-state index in [9.17, 15) is 4.39 Å². The molecule has 1 N–H and O–H groups in total. The van der Waals surface area contributed by atoms with Gasteiger partial charge in [0, 0.05) is 35.2 Å². The van der Waals surface area contributed by atoms with Gasteiger partial charge in [0.25, 0.3) is 5.89 Å². The molecule has 1 aromatic carbocycles. The summed E-state index contributed by atoms with van der Waals surface area (Å²) in [6.07, 6.45) is 0.666. The summed E-state index contributed by atoms with van der Waals surface area (Å²) in [6.45, 7) is 2.34. The molecule has 0 saturated heterocycles. The van der Waals surface area contributed by atoms with Crippen molar-refractivity contribution in [2.75, 3.05) is 14.2 Å². The second kappa shape index (κ2) is 8.02. The first kappa shape index (κ1) is 18.8. The number of nitrogens with zero attached hydrogens (tertiary/aromatic N) is 2. The zero-order chi connectivity index (χ0) is 16.4. The molecule has 2 aromatic heterocycles. The van der Waals surface area contributed by atoms with Crippen molar-refractivity contribution >= 4 is 33.8 Å². The number of hydrogen-bond acceptors (Lipinski definition) is 6. The summed E-state index contributed by atoms with van der Waals surface area (Å²) >= 11 is 1.44. The number of hydrogen-bond donors (Lipinski definition) is 1. The molecule has 5 nitrogen and oxygen atoms in total. The van der Waals surface area contributed by atoms with Crippen LogP contribution in [-0.4, -0.2) is 30.3 Å². The SMILES string of the molecule is CNC(C)Cc1noc(-c2sc3cccc(F)c3c2COC)n1.Cl. The molecule has 0 fully saturated rings. The Balaban J connectivity index is 0.00000208. The van der Waals surface area contributed by atoms with Crippen LogP contribution in [0.15, 0.2) is 22.7 Å². The predicted molar refractivity (Wildman–Crippen MR) is 95.3 cm³/mol. The summed E-state index contributed by atoms with van der Waals surface area (Å²) in [6, 6.07) is 5.28. The number of thiophene rings is 1. The van der Waals surface area contributed by atoms with Crippen molar-refractivity contribution in [2.45, 2.75) is 26.0 Å². The number of rotatable bonds is 6. The third-order valence-corrected chi connectivity index (χ3v) is 4.88. The fourth-order valence-corrected chi connectivity index (χ4v) is 3.57. The molecular weight excluding hydrogens is 353 g/mol. The molecule has 2 heterocycles. The monoisotopic (exact) mass is 371 g/mol. The molecule has 3 aromatic rings. The van der Waals surface area contributed by atoms with Crippen LogP contribution in [0.25, 0.3) is 20.9 Å². The van der Waals surface area contributed by atoms with E-state index < -0.39 is 0 Å². The van der Waals surface area contributed by atoms with Crippen molar-refractivity contribution in [2.24, 2.45) is 0 Å². The maximum absolute atomic E-state index is 14.2. The molecule has 0 bridgehead atoms. The number of likely N-dealkylation sites (N-methyl/N-ethyl adjacent to an activating group) is 1. The van der Waals surface area contributed by atoms with E-state index in [1.807, 2.05) is 20.0 Å². The van der Waals surface area contributed by atoms with E-state index in [0.29, 0.717) is 30.1 Å². The van der Waals surface area contributed by atoms with Crippen LogP contribution in [0.1, 0.15) is 18.3 Å². The van der Waals surface area contributed by atoms with E-state index in [1.165, 1.54) is 17.4 Å². The normalized spacial score (nSPS) is 12.3. The number of fused-ring (bicyclic) bond motifs is 1. The lowest BCUT2D eigenvalue weighted by Gasteiger charge is -2.04. The lowest BCUT2D eigenvalue weighted by molar-refractivity contribution is 0.186. The van der Waals surface area contributed by atoms with Gasteiger partial charge in [0.1, 0.15) is 5.82 Å². The average Bonchev–Trinajstić information content (AvgIpc) is 3.13. The second-order valence-corrected chi connectivity index (χ2v) is 6.42. The fourth-order valence-electron chi connectivity index (χ4n) is 2.43. The zero-order valence-electron chi connectivity index (χ0n) is 13.6. The fraction of sp³-hybridized carbons (Fsp3) is 0.375. The standard InChI is InChI=1S/C16H18FN3O2S.ClH/c1-9(18-2)7-13-19-16(22-20-13)15-10(8-21-3)14-11(17)5-4-6-12(14)23-15;/h4-6,9,18H,7-8H2,1-3H3;1H. The third kappa shape index (κ3) is 3.59. The van der Waals surface area contributed by atoms with Crippen molar-refractivity contribution < 1.29 is 13.7 Å². The number of aromatic nitrogens is 2. The second-order valence-electron chi connectivity index (χ2n) is 5.37. The number of halogens is 2. The third-order valence-electron chi connectivity index (χ3n) is 3.70. The van der Waals surface area contributed by atoms with E-state index in [2.05, 4.69) is 15.5 Å². The number of nitrogens with one attached hydrogen (secondary N) is 1. The van der Waals surface area contributed by atoms with Crippen LogP contribution in [0.3, 0.4) is 0 Å². The van der Waals surface area contributed by atoms with Crippen LogP contribution < -0.4 is 5.32 Å². The van der Waals surface area contributed by atoms with Gasteiger partial charge in [0.2, 0.25) is 0 Å². The van der Waals surface area contributed by atoms with Crippen molar-refractivity contribution in [1.29, 1.82) is 0 Å². The van der Waals surface area contributed by atoms with E-state index in [-0.39, 0.29) is 24.3 Å². The molecule has 0 saturated carbocycles. The zero-order valence-corrected chi connectivity index (χ0v) is 15.3. The molecule has 0 amide bonds. The Kier molecular flexibility index (Phi) is 6.28. The van der Waals surface area contributed by atoms with Gasteiger partial charge in [-0.2, -0.15) is 4.98 Å². The van der Waals surface area contributed by atoms with Crippen LogP contribution in [0.4, 0.5) is 4.39 Å². The summed E-state index contributed by atoms with van der Waals surface area (Å²) in [7, 11) is 3.47. The van der Waals surface area contributed by atoms with Crippen LogP contribution >= 0.6 is 23.7 Å². The summed E-state index contributed by atoms with van der Waals surface area (Å²) in [5.74, 6) is 0.777. The highest BCUT2D eigenvalue weighted by atomic mass is 35.5. The predicted octanol–water partition coefficient (Wildman–Crippen LogP) is 3.81. The Morgan fingerprint density at radius 2 is 2.21 bits per heavy atom. The molecule has 1 atom stereocenters. The minimum Gasteiger partial charge on any atom is -0.380 e. The summed E-state index contributed by atoms with van der Waals surface area (Å²) in [5.41, 5.74) is 0.752. The van der Waals surface area contributed by atoms with Gasteiger partial charge in [-0.3, -0.25) is 0 Å². The van der Waals surface area contributed by atoms with Crippen molar-refractivity contribution in [3.63, 3.8) is 0 Å². The van der Waals surface area contributed by atoms with Crippen LogP contribution in [0, 0.1) is 5.82 Å². The van der Waals surface area contributed by atoms with E-state index >= 15 is 0 Å². The van der Waals surface area contributed by atoms with E-state index in [1.54, 1.807) is 13.2 Å². The Morgan fingerprint density at radius 1 is 1.42 bits per heavy atom. The molecule has 0 radical (unpaired) electrons. The van der Waals surface area contributed by atoms with Gasteiger partial charge in [0.15, 0.2) is 5.82 Å². The van der Waals surface area contributed by atoms with Crippen LogP contribution in [0.2, 0.25) is 0 Å². The lowest BCUT2D eigenvalue weighted by atomic mass is 10.1. The topological polar surface area (TPSA) is 60.2 Å². The summed E-state index contributed by atoms with van der Waals surface area (Å²) < 4.78 is 25.7. The minimum atomic E-state index is -0.263. The van der Waals surface area contributed by atoms with Gasteiger partial charge in [-0.05, 0) is 26.1 Å². The van der Waals surface area contributed by atoms with Gasteiger partial charge < -0.3 is 14.6 Å². The molecule has 3 rings (SSSR count). The smallest absolute Gasteiger partial charge is 0.268 e. The summed E-state index contributed by atoms with van der Waals surface area (Å²) in [4.78, 5) is 5.22. The first-order chi connectivity index (χ1) is 11.1. The first-order valence-corrected chi connectivity index (χ1v) is 8.14. The molecule has 1 unspecified atom stereocenters. The lowest BCUT2D eigenvalue weighted by Crippen LogP contribution is -2.24. The molecule has 8 heteroatoms. The number of benzene rings is 1. The van der Waals surface area contributed by atoms with Crippen molar-refractivity contribution in [3.05, 3.63) is 35.4 Å². The maximum Gasteiger partial charge on any atom is 0.268 e. The molecular formula is C16H19ClFN3O2S. The van der Waals surface area contributed by atoms with Gasteiger partial charge in [-0.25, -0.2) is 4.39 Å². The van der Waals surface area contributed by atoms with Gasteiger partial charge in [0.05, 0.1) is 11.5 Å². The number of ether oxygens (including phenoxy) is 1. The van der Waals surface area contributed by atoms with Gasteiger partial charge in [-0.1, -0.05) is 11.2 Å². The van der Waals surface area contributed by atoms with Crippen LogP contribution in [-0.2, 0) is 17.8 Å². The average molecular weight is 372 g/mol. The molecule has 0 aliphatic rings. The van der Waals surface area contributed by atoms with Gasteiger partial charge >= 0.3 is 0 Å².